The van der Waals surface area contributed by atoms with Gasteiger partial charge in [-0.05, 0) is 54.8 Å². The minimum absolute atomic E-state index is 0.0372. The molecule has 0 aliphatic carbocycles. The highest BCUT2D eigenvalue weighted by molar-refractivity contribution is 6.31. The molecule has 10 nitrogen and oxygen atoms in total. The Morgan fingerprint density at radius 3 is 2.65 bits per heavy atom. The predicted octanol–water partition coefficient (Wildman–Crippen LogP) is 5.11. The van der Waals surface area contributed by atoms with Crippen LogP contribution in [0.3, 0.4) is 0 Å². The molecular formula is C28H25ClFN7O3. The molecule has 0 bridgehead atoms. The lowest BCUT2D eigenvalue weighted by atomic mass is 10.0. The molecule has 0 fully saturated rings. The summed E-state index contributed by atoms with van der Waals surface area (Å²) in [4.78, 5) is 40.4. The van der Waals surface area contributed by atoms with Gasteiger partial charge in [-0.1, -0.05) is 29.8 Å². The summed E-state index contributed by atoms with van der Waals surface area (Å²) >= 11 is 5.90. The molecule has 0 spiro atoms. The van der Waals surface area contributed by atoms with Crippen LogP contribution >= 0.6 is 11.6 Å². The van der Waals surface area contributed by atoms with Crippen LogP contribution in [0.2, 0.25) is 5.02 Å². The van der Waals surface area contributed by atoms with Gasteiger partial charge in [-0.2, -0.15) is 4.98 Å². The van der Waals surface area contributed by atoms with Gasteiger partial charge in [-0.25, -0.2) is 19.2 Å². The second-order valence-corrected chi connectivity index (χ2v) is 8.99. The van der Waals surface area contributed by atoms with Crippen LogP contribution in [0.1, 0.15) is 28.2 Å². The van der Waals surface area contributed by atoms with E-state index >= 15 is 0 Å². The van der Waals surface area contributed by atoms with Crippen molar-refractivity contribution in [1.29, 1.82) is 0 Å². The average Bonchev–Trinajstić information content (AvgIpc) is 2.94. The lowest BCUT2D eigenvalue weighted by Crippen LogP contribution is -2.26. The number of nitrogens with one attached hydrogen (secondary N) is 3. The summed E-state index contributed by atoms with van der Waals surface area (Å²) in [6, 6.07) is 11.5. The Bertz CT molecular complexity index is 1550. The van der Waals surface area contributed by atoms with Gasteiger partial charge in [0.25, 0.3) is 5.91 Å². The van der Waals surface area contributed by atoms with Crippen LogP contribution in [-0.4, -0.2) is 50.0 Å². The van der Waals surface area contributed by atoms with Gasteiger partial charge in [-0.3, -0.25) is 9.78 Å². The number of carboxylic acids is 1. The van der Waals surface area contributed by atoms with Crippen LogP contribution in [-0.2, 0) is 4.79 Å². The zero-order chi connectivity index (χ0) is 28.5. The summed E-state index contributed by atoms with van der Waals surface area (Å²) in [6.07, 6.45) is 7.72. The Labute approximate surface area is 234 Å². The van der Waals surface area contributed by atoms with Crippen molar-refractivity contribution in [3.63, 3.8) is 0 Å². The summed E-state index contributed by atoms with van der Waals surface area (Å²) in [5.74, 6) is -1.15. The van der Waals surface area contributed by atoms with Gasteiger partial charge in [0.2, 0.25) is 5.95 Å². The van der Waals surface area contributed by atoms with Crippen LogP contribution in [0.4, 0.5) is 21.8 Å². The minimum Gasteiger partial charge on any atom is -0.478 e. The summed E-state index contributed by atoms with van der Waals surface area (Å²) in [5.41, 5.74) is 3.60. The van der Waals surface area contributed by atoms with E-state index in [-0.39, 0.29) is 22.6 Å². The van der Waals surface area contributed by atoms with Crippen LogP contribution in [0.25, 0.3) is 17.2 Å². The lowest BCUT2D eigenvalue weighted by Gasteiger charge is -2.14. The van der Waals surface area contributed by atoms with Crippen molar-refractivity contribution in [2.45, 2.75) is 13.3 Å². The maximum absolute atomic E-state index is 13.6. The number of nitrogens with zero attached hydrogens (tertiary/aromatic N) is 4. The number of rotatable bonds is 11. The lowest BCUT2D eigenvalue weighted by molar-refractivity contribution is -0.131. The third-order valence-corrected chi connectivity index (χ3v) is 5.82. The topological polar surface area (TPSA) is 142 Å². The van der Waals surface area contributed by atoms with Gasteiger partial charge in [-0.15, -0.1) is 0 Å². The fourth-order valence-electron chi connectivity index (χ4n) is 3.57. The van der Waals surface area contributed by atoms with Gasteiger partial charge in [0.15, 0.2) is 0 Å². The van der Waals surface area contributed by atoms with Crippen molar-refractivity contribution >= 4 is 47.0 Å². The molecule has 4 rings (SSSR count). The fraction of sp³-hybridized carbons (Fsp3) is 0.143. The maximum Gasteiger partial charge on any atom is 0.328 e. The van der Waals surface area contributed by atoms with Crippen LogP contribution in [0.15, 0.2) is 67.1 Å². The first-order valence-corrected chi connectivity index (χ1v) is 12.6. The standard InChI is InChI=1S/C28H25ClFN7O3/c1-17-14-34-24(16-33-17)27(40)32-11-3-10-31-26-21(19-5-2-4-18(12-19)6-9-25(38)39)15-35-28(37-26)36-20-7-8-23(30)22(29)13-20/h2,4-9,12-16H,3,10-11H2,1H3,(H,32,40)(H,38,39)(H2,31,35,36,37)/b9-6+. The number of amides is 1. The maximum atomic E-state index is 13.6. The number of aromatic nitrogens is 4. The predicted molar refractivity (Wildman–Crippen MR) is 151 cm³/mol. The van der Waals surface area contributed by atoms with E-state index in [1.165, 1.54) is 36.7 Å². The molecule has 0 atom stereocenters. The van der Waals surface area contributed by atoms with Gasteiger partial charge in [0, 0.05) is 42.8 Å². The second kappa shape index (κ2) is 13.3. The Hall–Kier alpha value is -4.90. The Balaban J connectivity index is 1.50. The third kappa shape index (κ3) is 7.81. The molecule has 2 aromatic carbocycles. The average molecular weight is 562 g/mol. The highest BCUT2D eigenvalue weighted by Gasteiger charge is 2.12. The molecule has 4 aromatic rings. The monoisotopic (exact) mass is 561 g/mol. The van der Waals surface area contributed by atoms with E-state index < -0.39 is 11.8 Å². The molecule has 204 valence electrons. The molecule has 0 radical (unpaired) electrons. The number of carbonyl (C=O) groups is 2. The molecule has 12 heteroatoms. The summed E-state index contributed by atoms with van der Waals surface area (Å²) in [5, 5.41) is 18.0. The Kier molecular flexibility index (Phi) is 9.31. The van der Waals surface area contributed by atoms with Crippen molar-refractivity contribution in [2.24, 2.45) is 0 Å². The zero-order valence-corrected chi connectivity index (χ0v) is 22.1. The molecule has 2 aromatic heterocycles. The number of carbonyl (C=O) groups excluding carboxylic acids is 1. The highest BCUT2D eigenvalue weighted by Crippen LogP contribution is 2.29. The minimum atomic E-state index is -1.05. The third-order valence-electron chi connectivity index (χ3n) is 5.53. The summed E-state index contributed by atoms with van der Waals surface area (Å²) in [7, 11) is 0. The number of benzene rings is 2. The highest BCUT2D eigenvalue weighted by atomic mass is 35.5. The number of halogens is 2. The van der Waals surface area contributed by atoms with E-state index in [9.17, 15) is 14.0 Å². The Morgan fingerprint density at radius 2 is 1.90 bits per heavy atom. The molecule has 0 unspecified atom stereocenters. The molecule has 4 N–H and O–H groups in total. The fourth-order valence-corrected chi connectivity index (χ4v) is 3.75. The largest absolute Gasteiger partial charge is 0.478 e. The van der Waals surface area contributed by atoms with Gasteiger partial charge >= 0.3 is 5.97 Å². The number of anilines is 3. The molecule has 0 aliphatic rings. The van der Waals surface area contributed by atoms with E-state index in [1.54, 1.807) is 25.3 Å². The van der Waals surface area contributed by atoms with E-state index in [2.05, 4.69) is 35.9 Å². The quantitative estimate of drug-likeness (QED) is 0.145. The molecule has 2 heterocycles. The molecule has 0 saturated carbocycles. The van der Waals surface area contributed by atoms with Crippen LogP contribution < -0.4 is 16.0 Å². The number of carboxylic acid groups (broad SMARTS) is 1. The number of aryl methyl sites for hydroxylation is 1. The second-order valence-electron chi connectivity index (χ2n) is 8.59. The summed E-state index contributed by atoms with van der Waals surface area (Å²) < 4.78 is 13.6. The molecule has 0 saturated heterocycles. The van der Waals surface area contributed by atoms with Gasteiger partial charge in [0.05, 0.1) is 16.9 Å². The van der Waals surface area contributed by atoms with Crippen molar-refractivity contribution in [2.75, 3.05) is 23.7 Å². The summed E-state index contributed by atoms with van der Waals surface area (Å²) in [6.45, 7) is 2.64. The molecular weight excluding hydrogens is 537 g/mol. The van der Waals surface area contributed by atoms with E-state index in [0.717, 1.165) is 17.3 Å². The van der Waals surface area contributed by atoms with Crippen molar-refractivity contribution in [1.82, 2.24) is 25.3 Å². The smallest absolute Gasteiger partial charge is 0.328 e. The molecule has 1 amide bonds. The van der Waals surface area contributed by atoms with E-state index in [1.807, 2.05) is 12.1 Å². The number of hydrogen-bond donors (Lipinski definition) is 4. The van der Waals surface area contributed by atoms with Crippen molar-refractivity contribution in [3.8, 4) is 11.1 Å². The number of hydrogen-bond acceptors (Lipinski definition) is 8. The first-order chi connectivity index (χ1) is 19.3. The molecule has 40 heavy (non-hydrogen) atoms. The van der Waals surface area contributed by atoms with Gasteiger partial charge < -0.3 is 21.1 Å². The Morgan fingerprint density at radius 1 is 1.05 bits per heavy atom. The van der Waals surface area contributed by atoms with Crippen molar-refractivity contribution in [3.05, 3.63) is 94.9 Å². The van der Waals surface area contributed by atoms with E-state index in [4.69, 9.17) is 16.7 Å². The zero-order valence-electron chi connectivity index (χ0n) is 21.4. The van der Waals surface area contributed by atoms with Crippen LogP contribution in [0, 0.1) is 12.7 Å². The van der Waals surface area contributed by atoms with Gasteiger partial charge in [0.1, 0.15) is 17.3 Å². The SMILES string of the molecule is Cc1cnc(C(=O)NCCCNc2nc(Nc3ccc(F)c(Cl)c3)ncc2-c2cccc(/C=C/C(=O)O)c2)cn1. The van der Waals surface area contributed by atoms with Crippen molar-refractivity contribution < 1.29 is 19.1 Å². The van der Waals surface area contributed by atoms with E-state index in [0.29, 0.717) is 42.1 Å². The number of aliphatic carboxylic acids is 1. The first kappa shape index (κ1) is 28.1. The molecule has 0 aliphatic heterocycles. The first-order valence-electron chi connectivity index (χ1n) is 12.2. The van der Waals surface area contributed by atoms with Crippen LogP contribution in [0.5, 0.6) is 0 Å². The normalized spacial score (nSPS) is 10.9.